The maximum Gasteiger partial charge on any atom is 0.243 e. The molecule has 0 amide bonds. The van der Waals surface area contributed by atoms with Gasteiger partial charge in [-0.3, -0.25) is 0 Å². The van der Waals surface area contributed by atoms with Gasteiger partial charge in [0.05, 0.1) is 6.21 Å². The summed E-state index contributed by atoms with van der Waals surface area (Å²) in [5.74, 6) is 0.525. The summed E-state index contributed by atoms with van der Waals surface area (Å²) in [6.07, 6.45) is 1.77. The Morgan fingerprint density at radius 1 is 1.06 bits per heavy atom. The van der Waals surface area contributed by atoms with E-state index >= 15 is 0 Å². The van der Waals surface area contributed by atoms with Crippen molar-refractivity contribution in [1.29, 1.82) is 0 Å². The van der Waals surface area contributed by atoms with Crippen LogP contribution in [0.4, 0.5) is 5.95 Å². The SMILES string of the molecule is Cc1cc(C)nc(N/N=C\c2ccccc2C)n1. The molecular weight excluding hydrogens is 224 g/mol. The van der Waals surface area contributed by atoms with E-state index in [2.05, 4.69) is 33.5 Å². The van der Waals surface area contributed by atoms with E-state index in [-0.39, 0.29) is 0 Å². The molecule has 2 aromatic rings. The molecule has 0 aliphatic heterocycles. The molecule has 0 radical (unpaired) electrons. The highest BCUT2D eigenvalue weighted by molar-refractivity contribution is 5.81. The van der Waals surface area contributed by atoms with Crippen LogP contribution in [0.15, 0.2) is 35.4 Å². The minimum atomic E-state index is 0.525. The molecule has 0 spiro atoms. The first-order valence-electron chi connectivity index (χ1n) is 5.82. The zero-order chi connectivity index (χ0) is 13.0. The summed E-state index contributed by atoms with van der Waals surface area (Å²) in [4.78, 5) is 8.50. The number of aryl methyl sites for hydroxylation is 3. The fraction of sp³-hybridized carbons (Fsp3) is 0.214. The summed E-state index contributed by atoms with van der Waals surface area (Å²) in [5, 5.41) is 4.15. The maximum atomic E-state index is 4.25. The lowest BCUT2D eigenvalue weighted by molar-refractivity contribution is 1.04. The van der Waals surface area contributed by atoms with Gasteiger partial charge in [-0.05, 0) is 38.0 Å². The number of aromatic nitrogens is 2. The van der Waals surface area contributed by atoms with E-state index in [9.17, 15) is 0 Å². The predicted molar refractivity (Wildman–Crippen MR) is 73.9 cm³/mol. The van der Waals surface area contributed by atoms with Crippen molar-refractivity contribution in [2.45, 2.75) is 20.8 Å². The molecule has 0 saturated heterocycles. The van der Waals surface area contributed by atoms with E-state index in [1.165, 1.54) is 5.56 Å². The van der Waals surface area contributed by atoms with Crippen LogP contribution in [0.3, 0.4) is 0 Å². The number of anilines is 1. The van der Waals surface area contributed by atoms with Gasteiger partial charge in [0.2, 0.25) is 5.95 Å². The number of nitrogens with one attached hydrogen (secondary N) is 1. The van der Waals surface area contributed by atoms with Crippen LogP contribution in [-0.4, -0.2) is 16.2 Å². The Bertz CT molecular complexity index is 556. The third kappa shape index (κ3) is 3.13. The van der Waals surface area contributed by atoms with Crippen molar-refractivity contribution in [2.75, 3.05) is 5.43 Å². The maximum absolute atomic E-state index is 4.25. The molecule has 1 N–H and O–H groups in total. The van der Waals surface area contributed by atoms with Crippen LogP contribution in [0.5, 0.6) is 0 Å². The first kappa shape index (κ1) is 12.2. The van der Waals surface area contributed by atoms with Crippen LogP contribution in [0.25, 0.3) is 0 Å². The molecule has 4 heteroatoms. The summed E-state index contributed by atoms with van der Waals surface area (Å²) >= 11 is 0. The second-order valence-electron chi connectivity index (χ2n) is 4.20. The van der Waals surface area contributed by atoms with Gasteiger partial charge in [0.25, 0.3) is 0 Å². The molecule has 0 atom stereocenters. The zero-order valence-electron chi connectivity index (χ0n) is 10.8. The molecule has 0 bridgehead atoms. The minimum absolute atomic E-state index is 0.525. The Balaban J connectivity index is 2.10. The van der Waals surface area contributed by atoms with Crippen molar-refractivity contribution < 1.29 is 0 Å². The minimum Gasteiger partial charge on any atom is -0.245 e. The molecule has 0 unspecified atom stereocenters. The fourth-order valence-electron chi connectivity index (χ4n) is 1.67. The Morgan fingerprint density at radius 3 is 2.39 bits per heavy atom. The van der Waals surface area contributed by atoms with Gasteiger partial charge in [0, 0.05) is 11.4 Å². The number of nitrogens with zero attached hydrogens (tertiary/aromatic N) is 3. The van der Waals surface area contributed by atoms with Crippen molar-refractivity contribution in [2.24, 2.45) is 5.10 Å². The Kier molecular flexibility index (Phi) is 3.67. The van der Waals surface area contributed by atoms with E-state index < -0.39 is 0 Å². The zero-order valence-corrected chi connectivity index (χ0v) is 10.8. The fourth-order valence-corrected chi connectivity index (χ4v) is 1.67. The van der Waals surface area contributed by atoms with E-state index in [1.54, 1.807) is 6.21 Å². The number of benzene rings is 1. The van der Waals surface area contributed by atoms with Gasteiger partial charge in [0.15, 0.2) is 0 Å². The smallest absolute Gasteiger partial charge is 0.243 e. The lowest BCUT2D eigenvalue weighted by Crippen LogP contribution is -2.00. The second kappa shape index (κ2) is 5.40. The number of hydrogen-bond donors (Lipinski definition) is 1. The monoisotopic (exact) mass is 240 g/mol. The van der Waals surface area contributed by atoms with Gasteiger partial charge in [-0.1, -0.05) is 24.3 Å². The molecule has 1 heterocycles. The number of rotatable bonds is 3. The van der Waals surface area contributed by atoms with Crippen molar-refractivity contribution in [3.05, 3.63) is 52.8 Å². The molecule has 2 rings (SSSR count). The van der Waals surface area contributed by atoms with Crippen LogP contribution in [0.1, 0.15) is 22.5 Å². The molecule has 18 heavy (non-hydrogen) atoms. The molecule has 92 valence electrons. The highest BCUT2D eigenvalue weighted by Gasteiger charge is 1.97. The lowest BCUT2D eigenvalue weighted by atomic mass is 10.1. The molecule has 0 aliphatic rings. The normalized spacial score (nSPS) is 10.8. The molecule has 1 aromatic heterocycles. The first-order valence-corrected chi connectivity index (χ1v) is 5.82. The predicted octanol–water partition coefficient (Wildman–Crippen LogP) is 2.85. The summed E-state index contributed by atoms with van der Waals surface area (Å²) < 4.78 is 0. The van der Waals surface area contributed by atoms with Crippen LogP contribution in [-0.2, 0) is 0 Å². The van der Waals surface area contributed by atoms with Gasteiger partial charge in [-0.25, -0.2) is 15.4 Å². The number of hydrogen-bond acceptors (Lipinski definition) is 4. The van der Waals surface area contributed by atoms with E-state index in [0.717, 1.165) is 17.0 Å². The topological polar surface area (TPSA) is 50.2 Å². The Hall–Kier alpha value is -2.23. The highest BCUT2D eigenvalue weighted by atomic mass is 15.3. The summed E-state index contributed by atoms with van der Waals surface area (Å²) in [6.45, 7) is 5.92. The summed E-state index contributed by atoms with van der Waals surface area (Å²) in [6, 6.07) is 9.99. The van der Waals surface area contributed by atoms with Gasteiger partial charge in [-0.15, -0.1) is 0 Å². The molecule has 0 saturated carbocycles. The lowest BCUT2D eigenvalue weighted by Gasteiger charge is -2.02. The average molecular weight is 240 g/mol. The first-order chi connectivity index (χ1) is 8.65. The molecular formula is C14H16N4. The van der Waals surface area contributed by atoms with Gasteiger partial charge >= 0.3 is 0 Å². The van der Waals surface area contributed by atoms with Crippen molar-refractivity contribution in [3.8, 4) is 0 Å². The van der Waals surface area contributed by atoms with E-state index in [0.29, 0.717) is 5.95 Å². The van der Waals surface area contributed by atoms with Gasteiger partial charge < -0.3 is 0 Å². The largest absolute Gasteiger partial charge is 0.245 e. The molecule has 1 aromatic carbocycles. The third-order valence-corrected chi connectivity index (χ3v) is 2.54. The quantitative estimate of drug-likeness (QED) is 0.663. The van der Waals surface area contributed by atoms with Crippen LogP contribution in [0.2, 0.25) is 0 Å². The summed E-state index contributed by atoms with van der Waals surface area (Å²) in [5.41, 5.74) is 6.97. The third-order valence-electron chi connectivity index (χ3n) is 2.54. The molecule has 0 aliphatic carbocycles. The van der Waals surface area contributed by atoms with E-state index in [4.69, 9.17) is 0 Å². The van der Waals surface area contributed by atoms with Crippen LogP contribution in [0, 0.1) is 20.8 Å². The van der Waals surface area contributed by atoms with Crippen LogP contribution >= 0.6 is 0 Å². The summed E-state index contributed by atoms with van der Waals surface area (Å²) in [7, 11) is 0. The Labute approximate surface area is 107 Å². The standard InChI is InChI=1S/C14H16N4/c1-10-6-4-5-7-13(10)9-15-18-14-16-11(2)8-12(3)17-14/h4-9H,1-3H3,(H,16,17,18)/b15-9-. The molecule has 4 nitrogen and oxygen atoms in total. The second-order valence-corrected chi connectivity index (χ2v) is 4.20. The highest BCUT2D eigenvalue weighted by Crippen LogP contribution is 2.05. The average Bonchev–Trinajstić information content (AvgIpc) is 2.30. The Morgan fingerprint density at radius 2 is 1.72 bits per heavy atom. The van der Waals surface area contributed by atoms with Crippen molar-refractivity contribution >= 4 is 12.2 Å². The molecule has 0 fully saturated rings. The number of hydrazone groups is 1. The van der Waals surface area contributed by atoms with Crippen molar-refractivity contribution in [3.63, 3.8) is 0 Å². The van der Waals surface area contributed by atoms with Gasteiger partial charge in [0.1, 0.15) is 0 Å². The van der Waals surface area contributed by atoms with Crippen molar-refractivity contribution in [1.82, 2.24) is 9.97 Å². The van der Waals surface area contributed by atoms with E-state index in [1.807, 2.05) is 38.1 Å². The van der Waals surface area contributed by atoms with Crippen LogP contribution < -0.4 is 5.43 Å². The van der Waals surface area contributed by atoms with Gasteiger partial charge in [-0.2, -0.15) is 5.10 Å².